The Hall–Kier alpha value is -2.34. The van der Waals surface area contributed by atoms with Crippen LogP contribution in [0.25, 0.3) is 10.9 Å². The monoisotopic (exact) mass is 397 g/mol. The minimum atomic E-state index is -0.384. The Kier molecular flexibility index (Phi) is 5.15. The van der Waals surface area contributed by atoms with Gasteiger partial charge in [0.25, 0.3) is 0 Å². The Morgan fingerprint density at radius 2 is 1.90 bits per heavy atom. The quantitative estimate of drug-likeness (QED) is 0.844. The minimum Gasteiger partial charge on any atom is -0.383 e. The summed E-state index contributed by atoms with van der Waals surface area (Å²) in [5.41, 5.74) is 5.28. The lowest BCUT2D eigenvalue weighted by atomic mass is 9.85. The molecule has 1 unspecified atom stereocenters. The number of methoxy groups -OCH3 is 1. The predicted molar refractivity (Wildman–Crippen MR) is 113 cm³/mol. The molecular formula is C23H31N3O3. The molecule has 29 heavy (non-hydrogen) atoms. The van der Waals surface area contributed by atoms with Crippen LogP contribution >= 0.6 is 0 Å². The summed E-state index contributed by atoms with van der Waals surface area (Å²) in [4.78, 5) is 33.4. The number of rotatable bonds is 5. The molecule has 3 heterocycles. The number of hydrogen-bond donors (Lipinski definition) is 1. The number of H-pyrrole nitrogens is 1. The lowest BCUT2D eigenvalue weighted by molar-refractivity contribution is -0.136. The molecule has 1 atom stereocenters. The van der Waals surface area contributed by atoms with Crippen molar-refractivity contribution in [3.8, 4) is 0 Å². The number of likely N-dealkylation sites (tertiary alicyclic amines) is 2. The molecular weight excluding hydrogens is 366 g/mol. The fourth-order valence-electron chi connectivity index (χ4n) is 5.07. The predicted octanol–water partition coefficient (Wildman–Crippen LogP) is 2.73. The fraction of sp³-hybridized carbons (Fsp3) is 0.565. The molecule has 2 saturated heterocycles. The molecule has 4 rings (SSSR count). The summed E-state index contributed by atoms with van der Waals surface area (Å²) in [6.45, 7) is 9.41. The zero-order chi connectivity index (χ0) is 20.8. The second-order valence-electron chi connectivity index (χ2n) is 8.74. The van der Waals surface area contributed by atoms with E-state index in [2.05, 4.69) is 31.0 Å². The van der Waals surface area contributed by atoms with E-state index in [1.165, 1.54) is 16.5 Å². The van der Waals surface area contributed by atoms with Gasteiger partial charge in [0.05, 0.1) is 18.4 Å². The van der Waals surface area contributed by atoms with Gasteiger partial charge in [-0.1, -0.05) is 12.1 Å². The van der Waals surface area contributed by atoms with E-state index in [0.29, 0.717) is 32.7 Å². The van der Waals surface area contributed by atoms with Crippen LogP contribution in [0.5, 0.6) is 0 Å². The highest BCUT2D eigenvalue weighted by molar-refractivity contribution is 5.94. The SMILES string of the molecule is COCCN1CCC2(CCN(C(=O)Cc3c(C)[nH]c4c(C)ccc(C)c34)C2)C1=O. The maximum absolute atomic E-state index is 13.2. The van der Waals surface area contributed by atoms with Gasteiger partial charge in [-0.2, -0.15) is 0 Å². The fourth-order valence-corrected chi connectivity index (χ4v) is 5.07. The summed E-state index contributed by atoms with van der Waals surface area (Å²) in [5, 5.41) is 1.17. The van der Waals surface area contributed by atoms with Crippen molar-refractivity contribution in [1.82, 2.24) is 14.8 Å². The molecule has 1 aromatic carbocycles. The van der Waals surface area contributed by atoms with Crippen LogP contribution < -0.4 is 0 Å². The summed E-state index contributed by atoms with van der Waals surface area (Å²) in [6.07, 6.45) is 1.99. The number of fused-ring (bicyclic) bond motifs is 1. The number of benzene rings is 1. The van der Waals surface area contributed by atoms with Gasteiger partial charge in [0.2, 0.25) is 11.8 Å². The van der Waals surface area contributed by atoms with Crippen LogP contribution in [-0.2, 0) is 20.7 Å². The molecule has 1 aromatic heterocycles. The van der Waals surface area contributed by atoms with Crippen molar-refractivity contribution in [3.63, 3.8) is 0 Å². The molecule has 1 N–H and O–H groups in total. The maximum Gasteiger partial charge on any atom is 0.230 e. The lowest BCUT2D eigenvalue weighted by Crippen LogP contribution is -2.39. The molecule has 0 aliphatic carbocycles. The van der Waals surface area contributed by atoms with Gasteiger partial charge >= 0.3 is 0 Å². The Labute approximate surface area is 172 Å². The number of aryl methyl sites for hydroxylation is 3. The number of aromatic amines is 1. The van der Waals surface area contributed by atoms with E-state index >= 15 is 0 Å². The number of hydrogen-bond acceptors (Lipinski definition) is 3. The number of ether oxygens (including phenoxy) is 1. The Balaban J connectivity index is 1.50. The van der Waals surface area contributed by atoms with Crippen molar-refractivity contribution in [2.45, 2.75) is 40.0 Å². The van der Waals surface area contributed by atoms with Crippen LogP contribution in [0.15, 0.2) is 12.1 Å². The number of aromatic nitrogens is 1. The molecule has 0 radical (unpaired) electrons. The summed E-state index contributed by atoms with van der Waals surface area (Å²) in [5.74, 6) is 0.314. The number of carbonyl (C=O) groups is 2. The highest BCUT2D eigenvalue weighted by Crippen LogP contribution is 2.41. The molecule has 2 aliphatic rings. The van der Waals surface area contributed by atoms with Gasteiger partial charge in [-0.15, -0.1) is 0 Å². The van der Waals surface area contributed by atoms with Gasteiger partial charge < -0.3 is 19.5 Å². The van der Waals surface area contributed by atoms with E-state index in [1.54, 1.807) is 7.11 Å². The van der Waals surface area contributed by atoms with Crippen LogP contribution in [0.3, 0.4) is 0 Å². The maximum atomic E-state index is 13.2. The van der Waals surface area contributed by atoms with Crippen LogP contribution in [0.1, 0.15) is 35.2 Å². The third-order valence-corrected chi connectivity index (χ3v) is 6.89. The number of nitrogens with zero attached hydrogens (tertiary/aromatic N) is 2. The molecule has 2 fully saturated rings. The van der Waals surface area contributed by atoms with Crippen LogP contribution in [0, 0.1) is 26.2 Å². The molecule has 0 bridgehead atoms. The van der Waals surface area contributed by atoms with E-state index in [4.69, 9.17) is 4.74 Å². The molecule has 0 saturated carbocycles. The Bertz CT molecular complexity index is 964. The van der Waals surface area contributed by atoms with Crippen molar-refractivity contribution in [3.05, 3.63) is 34.5 Å². The number of nitrogens with one attached hydrogen (secondary N) is 1. The third kappa shape index (κ3) is 3.33. The second-order valence-corrected chi connectivity index (χ2v) is 8.74. The highest BCUT2D eigenvalue weighted by atomic mass is 16.5. The summed E-state index contributed by atoms with van der Waals surface area (Å²) in [6, 6.07) is 4.24. The minimum absolute atomic E-state index is 0.120. The van der Waals surface area contributed by atoms with Crippen molar-refractivity contribution in [2.24, 2.45) is 5.41 Å². The van der Waals surface area contributed by atoms with Crippen LogP contribution in [0.2, 0.25) is 0 Å². The highest BCUT2D eigenvalue weighted by Gasteiger charge is 2.51. The van der Waals surface area contributed by atoms with E-state index in [0.717, 1.165) is 36.2 Å². The molecule has 6 heteroatoms. The number of amides is 2. The van der Waals surface area contributed by atoms with E-state index in [9.17, 15) is 9.59 Å². The summed E-state index contributed by atoms with van der Waals surface area (Å²) < 4.78 is 5.12. The van der Waals surface area contributed by atoms with Crippen LogP contribution in [0.4, 0.5) is 0 Å². The molecule has 1 spiro atoms. The first-order valence-corrected chi connectivity index (χ1v) is 10.5. The molecule has 156 valence electrons. The van der Waals surface area contributed by atoms with Crippen LogP contribution in [-0.4, -0.2) is 66.5 Å². The average Bonchev–Trinajstić information content (AvgIpc) is 3.36. The standard InChI is InChI=1S/C23H31N3O3/c1-15-5-6-16(2)21-20(15)18(17(3)24-21)13-19(27)26-10-8-23(14-26)7-9-25(22(23)28)11-12-29-4/h5-6,24H,7-14H2,1-4H3. The van der Waals surface area contributed by atoms with Gasteiger partial charge in [0, 0.05) is 49.9 Å². The Morgan fingerprint density at radius 1 is 1.17 bits per heavy atom. The average molecular weight is 398 g/mol. The van der Waals surface area contributed by atoms with Crippen molar-refractivity contribution >= 4 is 22.7 Å². The van der Waals surface area contributed by atoms with Gasteiger partial charge in [-0.05, 0) is 50.3 Å². The zero-order valence-electron chi connectivity index (χ0n) is 17.9. The lowest BCUT2D eigenvalue weighted by Gasteiger charge is -2.23. The topological polar surface area (TPSA) is 65.6 Å². The summed E-state index contributed by atoms with van der Waals surface area (Å²) in [7, 11) is 1.65. The molecule has 2 aliphatic heterocycles. The summed E-state index contributed by atoms with van der Waals surface area (Å²) >= 11 is 0. The Morgan fingerprint density at radius 3 is 2.66 bits per heavy atom. The normalized spacial score (nSPS) is 21.9. The second kappa shape index (κ2) is 7.48. The first-order valence-electron chi connectivity index (χ1n) is 10.5. The van der Waals surface area contributed by atoms with Gasteiger partial charge in [0.15, 0.2) is 0 Å². The van der Waals surface area contributed by atoms with Gasteiger partial charge in [0.1, 0.15) is 0 Å². The van der Waals surface area contributed by atoms with Gasteiger partial charge in [-0.25, -0.2) is 0 Å². The number of carbonyl (C=O) groups excluding carboxylic acids is 2. The van der Waals surface area contributed by atoms with Crippen molar-refractivity contribution < 1.29 is 14.3 Å². The third-order valence-electron chi connectivity index (χ3n) is 6.89. The van der Waals surface area contributed by atoms with E-state index in [-0.39, 0.29) is 17.2 Å². The van der Waals surface area contributed by atoms with Gasteiger partial charge in [-0.3, -0.25) is 9.59 Å². The van der Waals surface area contributed by atoms with Crippen molar-refractivity contribution in [2.75, 3.05) is 39.9 Å². The first-order chi connectivity index (χ1) is 13.9. The van der Waals surface area contributed by atoms with E-state index in [1.807, 2.05) is 16.7 Å². The zero-order valence-corrected chi connectivity index (χ0v) is 17.9. The van der Waals surface area contributed by atoms with Crippen molar-refractivity contribution in [1.29, 1.82) is 0 Å². The molecule has 6 nitrogen and oxygen atoms in total. The molecule has 2 aromatic rings. The first kappa shape index (κ1) is 20.0. The van der Waals surface area contributed by atoms with E-state index < -0.39 is 0 Å². The molecule has 2 amide bonds. The largest absolute Gasteiger partial charge is 0.383 e. The smallest absolute Gasteiger partial charge is 0.230 e.